The summed E-state index contributed by atoms with van der Waals surface area (Å²) in [5.74, 6) is 0.400. The largest absolute Gasteiger partial charge is 0.457 e. The number of alkyl halides is 1. The van der Waals surface area contributed by atoms with E-state index in [1.807, 2.05) is 20.8 Å². The van der Waals surface area contributed by atoms with Crippen molar-refractivity contribution in [3.63, 3.8) is 0 Å². The van der Waals surface area contributed by atoms with Crippen LogP contribution in [0.15, 0.2) is 22.7 Å². The van der Waals surface area contributed by atoms with Crippen LogP contribution in [0.2, 0.25) is 0 Å². The number of nitrogens with zero attached hydrogens (tertiary/aromatic N) is 2. The molecule has 2 aliphatic rings. The molecule has 0 spiro atoms. The van der Waals surface area contributed by atoms with Crippen LogP contribution >= 0.6 is 15.9 Å². The lowest BCUT2D eigenvalue weighted by molar-refractivity contribution is -0.0453. The average molecular weight is 515 g/mol. The molecule has 3 rings (SSSR count). The molecule has 0 aliphatic carbocycles. The second kappa shape index (κ2) is 9.08. The standard InChI is InChI=1S/C23H32BrFN2O5/c1-22(2,3)31-20(28)26-11-9-15(10-12-26)27(21(29)32-23(4,5)6)18-16-8-7-14(24)13-17(16)30-19(18)25/h7-8,13,15,18-19H,9-12H2,1-6H3. The van der Waals surface area contributed by atoms with Crippen molar-refractivity contribution in [2.45, 2.75) is 84.0 Å². The number of ether oxygens (including phenoxy) is 3. The molecule has 2 amide bonds. The predicted molar refractivity (Wildman–Crippen MR) is 121 cm³/mol. The van der Waals surface area contributed by atoms with Crippen molar-refractivity contribution in [2.24, 2.45) is 0 Å². The molecule has 1 aromatic carbocycles. The zero-order chi connectivity index (χ0) is 23.8. The zero-order valence-electron chi connectivity index (χ0n) is 19.5. The van der Waals surface area contributed by atoms with Crippen LogP contribution < -0.4 is 4.74 Å². The minimum atomic E-state index is -1.71. The van der Waals surface area contributed by atoms with Crippen LogP contribution in [-0.2, 0) is 9.47 Å². The van der Waals surface area contributed by atoms with Crippen molar-refractivity contribution in [1.29, 1.82) is 0 Å². The van der Waals surface area contributed by atoms with Gasteiger partial charge in [-0.25, -0.2) is 9.59 Å². The van der Waals surface area contributed by atoms with Crippen LogP contribution in [-0.4, -0.2) is 58.7 Å². The van der Waals surface area contributed by atoms with E-state index in [4.69, 9.17) is 14.2 Å². The number of piperidine rings is 1. The maximum atomic E-state index is 15.1. The van der Waals surface area contributed by atoms with E-state index >= 15 is 4.39 Å². The number of halogens is 2. The van der Waals surface area contributed by atoms with E-state index < -0.39 is 29.7 Å². The summed E-state index contributed by atoms with van der Waals surface area (Å²) in [5, 5.41) is 0. The topological polar surface area (TPSA) is 68.3 Å². The van der Waals surface area contributed by atoms with Gasteiger partial charge < -0.3 is 19.1 Å². The van der Waals surface area contributed by atoms with Gasteiger partial charge in [-0.2, -0.15) is 4.39 Å². The first kappa shape index (κ1) is 24.6. The molecule has 1 aromatic rings. The highest BCUT2D eigenvalue weighted by Crippen LogP contribution is 2.44. The van der Waals surface area contributed by atoms with E-state index in [0.29, 0.717) is 37.2 Å². The molecular weight excluding hydrogens is 483 g/mol. The zero-order valence-corrected chi connectivity index (χ0v) is 21.1. The molecule has 32 heavy (non-hydrogen) atoms. The van der Waals surface area contributed by atoms with Gasteiger partial charge in [-0.05, 0) is 66.5 Å². The Labute approximate surface area is 197 Å². The van der Waals surface area contributed by atoms with E-state index in [1.54, 1.807) is 43.9 Å². The van der Waals surface area contributed by atoms with E-state index in [2.05, 4.69) is 15.9 Å². The Morgan fingerprint density at radius 2 is 1.69 bits per heavy atom. The quantitative estimate of drug-likeness (QED) is 0.497. The smallest absolute Gasteiger partial charge is 0.411 e. The molecule has 2 unspecified atom stereocenters. The molecule has 9 heteroatoms. The lowest BCUT2D eigenvalue weighted by Gasteiger charge is -2.41. The van der Waals surface area contributed by atoms with Crippen molar-refractivity contribution in [1.82, 2.24) is 9.80 Å². The third-order valence-corrected chi connectivity index (χ3v) is 5.69. The van der Waals surface area contributed by atoms with Crippen LogP contribution in [0, 0.1) is 0 Å². The highest BCUT2D eigenvalue weighted by atomic mass is 79.9. The van der Waals surface area contributed by atoms with Crippen LogP contribution in [0.4, 0.5) is 14.0 Å². The maximum absolute atomic E-state index is 15.1. The molecule has 7 nitrogen and oxygen atoms in total. The summed E-state index contributed by atoms with van der Waals surface area (Å²) in [7, 11) is 0. The van der Waals surface area contributed by atoms with Gasteiger partial charge in [-0.1, -0.05) is 22.0 Å². The number of carbonyl (C=O) groups excluding carboxylic acids is 2. The van der Waals surface area contributed by atoms with Gasteiger partial charge in [-0.3, -0.25) is 4.90 Å². The third-order valence-electron chi connectivity index (χ3n) is 5.20. The minimum Gasteiger partial charge on any atom is -0.457 e. The average Bonchev–Trinajstić information content (AvgIpc) is 2.94. The minimum absolute atomic E-state index is 0.315. The Morgan fingerprint density at radius 3 is 2.25 bits per heavy atom. The maximum Gasteiger partial charge on any atom is 0.411 e. The lowest BCUT2D eigenvalue weighted by Crippen LogP contribution is -2.52. The fraction of sp³-hybridized carbons (Fsp3) is 0.652. The molecule has 0 bridgehead atoms. The number of carbonyl (C=O) groups is 2. The first-order valence-corrected chi connectivity index (χ1v) is 11.6. The van der Waals surface area contributed by atoms with Gasteiger partial charge in [0.1, 0.15) is 23.0 Å². The van der Waals surface area contributed by atoms with Gasteiger partial charge in [0.25, 0.3) is 6.36 Å². The van der Waals surface area contributed by atoms with Crippen molar-refractivity contribution >= 4 is 28.1 Å². The summed E-state index contributed by atoms with van der Waals surface area (Å²) >= 11 is 3.37. The van der Waals surface area contributed by atoms with E-state index in [1.165, 1.54) is 4.90 Å². The number of hydrogen-bond donors (Lipinski definition) is 0. The van der Waals surface area contributed by atoms with E-state index in [9.17, 15) is 9.59 Å². The summed E-state index contributed by atoms with van der Waals surface area (Å²) in [6.45, 7) is 11.6. The molecule has 1 saturated heterocycles. The second-order valence-corrected chi connectivity index (χ2v) is 11.1. The molecular formula is C23H32BrFN2O5. The predicted octanol–water partition coefficient (Wildman–Crippen LogP) is 5.81. The molecule has 0 aromatic heterocycles. The Bertz CT molecular complexity index is 859. The molecule has 1 fully saturated rings. The first-order valence-electron chi connectivity index (χ1n) is 10.8. The van der Waals surface area contributed by atoms with E-state index in [-0.39, 0.29) is 12.1 Å². The molecule has 0 radical (unpaired) electrons. The van der Waals surface area contributed by atoms with Gasteiger partial charge in [-0.15, -0.1) is 0 Å². The molecule has 178 valence electrons. The van der Waals surface area contributed by atoms with Gasteiger partial charge in [0.2, 0.25) is 0 Å². The summed E-state index contributed by atoms with van der Waals surface area (Å²) in [6, 6.07) is 4.01. The molecule has 0 N–H and O–H groups in total. The normalized spacial score (nSPS) is 21.6. The molecule has 2 aliphatic heterocycles. The van der Waals surface area contributed by atoms with Gasteiger partial charge >= 0.3 is 12.2 Å². The SMILES string of the molecule is CC(C)(C)OC(=O)N1CCC(N(C(=O)OC(C)(C)C)C2c3ccc(Br)cc3OC2F)CC1. The van der Waals surface area contributed by atoms with Gasteiger partial charge in [0, 0.05) is 29.2 Å². The molecule has 2 heterocycles. The number of hydrogen-bond acceptors (Lipinski definition) is 5. The Hall–Kier alpha value is -2.03. The molecule has 0 saturated carbocycles. The Kier molecular flexibility index (Phi) is 6.98. The highest BCUT2D eigenvalue weighted by Gasteiger charge is 2.46. The van der Waals surface area contributed by atoms with Crippen LogP contribution in [0.25, 0.3) is 0 Å². The fourth-order valence-electron chi connectivity index (χ4n) is 3.92. The van der Waals surface area contributed by atoms with Gasteiger partial charge in [0.05, 0.1) is 0 Å². The first-order chi connectivity index (χ1) is 14.7. The lowest BCUT2D eigenvalue weighted by atomic mass is 9.98. The van der Waals surface area contributed by atoms with Crippen molar-refractivity contribution < 1.29 is 28.2 Å². The number of benzene rings is 1. The number of likely N-dealkylation sites (tertiary alicyclic amines) is 1. The summed E-state index contributed by atoms with van der Waals surface area (Å²) in [6.07, 6.45) is -1.74. The van der Waals surface area contributed by atoms with Crippen molar-refractivity contribution in [3.05, 3.63) is 28.2 Å². The van der Waals surface area contributed by atoms with Crippen LogP contribution in [0.1, 0.15) is 66.0 Å². The number of rotatable bonds is 2. The van der Waals surface area contributed by atoms with Crippen molar-refractivity contribution in [2.75, 3.05) is 13.1 Å². The van der Waals surface area contributed by atoms with Crippen LogP contribution in [0.5, 0.6) is 5.75 Å². The third kappa shape index (κ3) is 5.85. The Morgan fingerprint density at radius 1 is 1.09 bits per heavy atom. The summed E-state index contributed by atoms with van der Waals surface area (Å²) in [5.41, 5.74) is -0.724. The van der Waals surface area contributed by atoms with Crippen molar-refractivity contribution in [3.8, 4) is 5.75 Å². The fourth-order valence-corrected chi connectivity index (χ4v) is 4.26. The highest BCUT2D eigenvalue weighted by molar-refractivity contribution is 9.10. The monoisotopic (exact) mass is 514 g/mol. The van der Waals surface area contributed by atoms with E-state index in [0.717, 1.165) is 4.47 Å². The number of amides is 2. The summed E-state index contributed by atoms with van der Waals surface area (Å²) < 4.78 is 32.4. The number of fused-ring (bicyclic) bond motifs is 1. The summed E-state index contributed by atoms with van der Waals surface area (Å²) in [4.78, 5) is 28.8. The second-order valence-electron chi connectivity index (χ2n) is 10.2. The van der Waals surface area contributed by atoms with Gasteiger partial charge in [0.15, 0.2) is 0 Å². The Balaban J connectivity index is 1.83. The molecule has 2 atom stereocenters. The van der Waals surface area contributed by atoms with Crippen LogP contribution in [0.3, 0.4) is 0 Å².